The molecule has 0 bridgehead atoms. The number of primary amides is 1. The van der Waals surface area contributed by atoms with Crippen LogP contribution in [0, 0.1) is 0 Å². The molecule has 0 radical (unpaired) electrons. The normalized spacial score (nSPS) is 21.8. The summed E-state index contributed by atoms with van der Waals surface area (Å²) in [5.74, 6) is -0.991. The maximum Gasteiger partial charge on any atom is 0.245 e. The van der Waals surface area contributed by atoms with Crippen molar-refractivity contribution < 1.29 is 14.4 Å². The third kappa shape index (κ3) is 3.44. The van der Waals surface area contributed by atoms with Crippen LogP contribution in [-0.2, 0) is 14.4 Å². The van der Waals surface area contributed by atoms with Gasteiger partial charge in [-0.2, -0.15) is 0 Å². The molecule has 0 aromatic rings. The largest absolute Gasteiger partial charge is 0.368 e. The number of likely N-dealkylation sites (tertiary alicyclic amines) is 1. The first-order chi connectivity index (χ1) is 7.93. The van der Waals surface area contributed by atoms with Crippen LogP contribution in [0.15, 0.2) is 0 Å². The predicted octanol–water partition coefficient (Wildman–Crippen LogP) is -0.623. The van der Waals surface area contributed by atoms with E-state index in [1.165, 1.54) is 11.8 Å². The minimum Gasteiger partial charge on any atom is -0.368 e. The Kier molecular flexibility index (Phi) is 4.48. The zero-order chi connectivity index (χ0) is 13.0. The fourth-order valence-electron chi connectivity index (χ4n) is 2.11. The Balaban J connectivity index is 2.70. The summed E-state index contributed by atoms with van der Waals surface area (Å²) in [6.07, 6.45) is 2.36. The average molecular weight is 241 g/mol. The van der Waals surface area contributed by atoms with Gasteiger partial charge >= 0.3 is 0 Å². The van der Waals surface area contributed by atoms with Gasteiger partial charge in [0.05, 0.1) is 0 Å². The lowest BCUT2D eigenvalue weighted by Gasteiger charge is -2.35. The summed E-state index contributed by atoms with van der Waals surface area (Å²) in [5.41, 5.74) is 5.28. The predicted molar refractivity (Wildman–Crippen MR) is 61.8 cm³/mol. The third-order valence-corrected chi connectivity index (χ3v) is 2.90. The van der Waals surface area contributed by atoms with E-state index in [4.69, 9.17) is 5.73 Å². The summed E-state index contributed by atoms with van der Waals surface area (Å²) in [4.78, 5) is 35.7. The second-order valence-corrected chi connectivity index (χ2v) is 4.37. The highest BCUT2D eigenvalue weighted by Crippen LogP contribution is 2.17. The molecule has 0 aromatic heterocycles. The van der Waals surface area contributed by atoms with Crippen LogP contribution in [0.5, 0.6) is 0 Å². The molecule has 1 saturated heterocycles. The van der Waals surface area contributed by atoms with Crippen LogP contribution >= 0.6 is 0 Å². The van der Waals surface area contributed by atoms with Gasteiger partial charge in [0.2, 0.25) is 17.7 Å². The molecule has 0 aromatic carbocycles. The molecule has 96 valence electrons. The van der Waals surface area contributed by atoms with Crippen LogP contribution in [0.4, 0.5) is 0 Å². The molecule has 0 spiro atoms. The quantitative estimate of drug-likeness (QED) is 0.689. The summed E-state index contributed by atoms with van der Waals surface area (Å²) in [7, 11) is 0. The van der Waals surface area contributed by atoms with E-state index in [1.54, 1.807) is 6.92 Å². The zero-order valence-corrected chi connectivity index (χ0v) is 10.2. The number of hydrogen-bond acceptors (Lipinski definition) is 3. The SMILES string of the molecule is CC(=O)N[C@@H](C)C(=O)N1CCCC[C@H]1C(N)=O. The smallest absolute Gasteiger partial charge is 0.245 e. The highest BCUT2D eigenvalue weighted by atomic mass is 16.2. The molecule has 1 heterocycles. The molecule has 1 rings (SSSR count). The van der Waals surface area contributed by atoms with Gasteiger partial charge in [0, 0.05) is 13.5 Å². The van der Waals surface area contributed by atoms with Gasteiger partial charge in [0.15, 0.2) is 0 Å². The third-order valence-electron chi connectivity index (χ3n) is 2.90. The molecule has 3 amide bonds. The first-order valence-electron chi connectivity index (χ1n) is 5.80. The minimum atomic E-state index is -0.618. The lowest BCUT2D eigenvalue weighted by atomic mass is 10.0. The second kappa shape index (κ2) is 5.65. The number of piperidine rings is 1. The standard InChI is InChI=1S/C11H19N3O3/c1-7(13-8(2)15)11(17)14-6-4-3-5-9(14)10(12)16/h7,9H,3-6H2,1-2H3,(H2,12,16)(H,13,15)/t7-,9-/m0/s1. The number of carbonyl (C=O) groups is 3. The van der Waals surface area contributed by atoms with E-state index in [0.29, 0.717) is 13.0 Å². The summed E-state index contributed by atoms with van der Waals surface area (Å²) in [5, 5.41) is 2.52. The van der Waals surface area contributed by atoms with Crippen molar-refractivity contribution in [1.82, 2.24) is 10.2 Å². The number of carbonyl (C=O) groups excluding carboxylic acids is 3. The van der Waals surface area contributed by atoms with E-state index in [-0.39, 0.29) is 11.8 Å². The lowest BCUT2D eigenvalue weighted by Crippen LogP contribution is -2.55. The maximum absolute atomic E-state index is 12.1. The molecular weight excluding hydrogens is 222 g/mol. The fourth-order valence-corrected chi connectivity index (χ4v) is 2.11. The Labute approximate surface area is 101 Å². The van der Waals surface area contributed by atoms with E-state index in [0.717, 1.165) is 12.8 Å². The highest BCUT2D eigenvalue weighted by Gasteiger charge is 2.32. The Morgan fingerprint density at radius 1 is 1.35 bits per heavy atom. The molecular formula is C11H19N3O3. The number of nitrogens with zero attached hydrogens (tertiary/aromatic N) is 1. The number of nitrogens with two attached hydrogens (primary N) is 1. The topological polar surface area (TPSA) is 92.5 Å². The van der Waals surface area contributed by atoms with Crippen LogP contribution in [0.3, 0.4) is 0 Å². The van der Waals surface area contributed by atoms with Gasteiger partial charge in [0.1, 0.15) is 12.1 Å². The Bertz CT molecular complexity index is 330. The number of amides is 3. The molecule has 3 N–H and O–H groups in total. The van der Waals surface area contributed by atoms with E-state index < -0.39 is 18.0 Å². The first kappa shape index (κ1) is 13.5. The molecule has 6 nitrogen and oxygen atoms in total. The van der Waals surface area contributed by atoms with Gasteiger partial charge in [-0.1, -0.05) is 0 Å². The molecule has 17 heavy (non-hydrogen) atoms. The molecule has 1 aliphatic rings. The Morgan fingerprint density at radius 3 is 2.53 bits per heavy atom. The molecule has 0 saturated carbocycles. The van der Waals surface area contributed by atoms with E-state index >= 15 is 0 Å². The van der Waals surface area contributed by atoms with Crippen LogP contribution in [0.1, 0.15) is 33.1 Å². The maximum atomic E-state index is 12.1. The number of nitrogens with one attached hydrogen (secondary N) is 1. The van der Waals surface area contributed by atoms with Gasteiger partial charge in [-0.05, 0) is 26.2 Å². The van der Waals surface area contributed by atoms with Gasteiger partial charge in [0.25, 0.3) is 0 Å². The van der Waals surface area contributed by atoms with Gasteiger partial charge in [-0.25, -0.2) is 0 Å². The van der Waals surface area contributed by atoms with Crippen LogP contribution < -0.4 is 11.1 Å². The van der Waals surface area contributed by atoms with Crippen molar-refractivity contribution in [1.29, 1.82) is 0 Å². The van der Waals surface area contributed by atoms with Gasteiger partial charge in [-0.3, -0.25) is 14.4 Å². The van der Waals surface area contributed by atoms with Crippen molar-refractivity contribution in [3.05, 3.63) is 0 Å². The summed E-state index contributed by atoms with van der Waals surface area (Å²) in [6.45, 7) is 3.48. The van der Waals surface area contributed by atoms with Crippen molar-refractivity contribution in [2.45, 2.75) is 45.2 Å². The van der Waals surface area contributed by atoms with Crippen molar-refractivity contribution in [2.75, 3.05) is 6.54 Å². The van der Waals surface area contributed by atoms with E-state index in [2.05, 4.69) is 5.32 Å². The summed E-state index contributed by atoms with van der Waals surface area (Å²) >= 11 is 0. The zero-order valence-electron chi connectivity index (χ0n) is 10.2. The van der Waals surface area contributed by atoms with Crippen molar-refractivity contribution >= 4 is 17.7 Å². The molecule has 1 fully saturated rings. The Hall–Kier alpha value is -1.59. The number of rotatable bonds is 3. The first-order valence-corrected chi connectivity index (χ1v) is 5.80. The van der Waals surface area contributed by atoms with Gasteiger partial charge < -0.3 is 16.0 Å². The molecule has 1 aliphatic heterocycles. The summed E-state index contributed by atoms with van der Waals surface area (Å²) < 4.78 is 0. The number of hydrogen-bond donors (Lipinski definition) is 2. The minimum absolute atomic E-state index is 0.247. The molecule has 0 unspecified atom stereocenters. The van der Waals surface area contributed by atoms with Crippen LogP contribution in [0.25, 0.3) is 0 Å². The summed E-state index contributed by atoms with van der Waals surface area (Å²) in [6, 6.07) is -1.15. The monoisotopic (exact) mass is 241 g/mol. The van der Waals surface area contributed by atoms with Crippen LogP contribution in [0.2, 0.25) is 0 Å². The van der Waals surface area contributed by atoms with Crippen molar-refractivity contribution in [3.63, 3.8) is 0 Å². The second-order valence-electron chi connectivity index (χ2n) is 4.37. The highest BCUT2D eigenvalue weighted by molar-refractivity contribution is 5.91. The fraction of sp³-hybridized carbons (Fsp3) is 0.727. The van der Waals surface area contributed by atoms with E-state index in [1.807, 2.05) is 0 Å². The van der Waals surface area contributed by atoms with Crippen molar-refractivity contribution in [2.24, 2.45) is 5.73 Å². The van der Waals surface area contributed by atoms with Crippen LogP contribution in [-0.4, -0.2) is 41.2 Å². The van der Waals surface area contributed by atoms with Crippen molar-refractivity contribution in [3.8, 4) is 0 Å². The van der Waals surface area contributed by atoms with Gasteiger partial charge in [-0.15, -0.1) is 0 Å². The van der Waals surface area contributed by atoms with E-state index in [9.17, 15) is 14.4 Å². The average Bonchev–Trinajstić information content (AvgIpc) is 2.27. The molecule has 2 atom stereocenters. The molecule has 6 heteroatoms. The molecule has 0 aliphatic carbocycles. The Morgan fingerprint density at radius 2 is 2.00 bits per heavy atom. The lowest BCUT2D eigenvalue weighted by molar-refractivity contribution is -0.143.